The molecule has 0 fully saturated rings. The molecule has 1 N–H and O–H groups in total. The number of aromatic nitrogens is 2. The second-order valence-electron chi connectivity index (χ2n) is 3.77. The van der Waals surface area contributed by atoms with Crippen molar-refractivity contribution in [2.24, 2.45) is 0 Å². The topological polar surface area (TPSA) is 47.0 Å². The number of nitrogens with zero attached hydrogens (tertiary/aromatic N) is 2. The van der Waals surface area contributed by atoms with Gasteiger partial charge < -0.3 is 10.1 Å². The molecule has 2 rings (SSSR count). The van der Waals surface area contributed by atoms with Crippen molar-refractivity contribution in [3.63, 3.8) is 0 Å². The van der Waals surface area contributed by atoms with Gasteiger partial charge >= 0.3 is 6.18 Å². The van der Waals surface area contributed by atoms with Gasteiger partial charge in [0.15, 0.2) is 0 Å². The Morgan fingerprint density at radius 2 is 2.00 bits per heavy atom. The van der Waals surface area contributed by atoms with Gasteiger partial charge in [0.25, 0.3) is 0 Å². The first-order chi connectivity index (χ1) is 9.38. The fraction of sp³-hybridized carbons (Fsp3) is 0.167. The van der Waals surface area contributed by atoms with Gasteiger partial charge in [-0.15, -0.1) is 0 Å². The van der Waals surface area contributed by atoms with Crippen LogP contribution in [0, 0.1) is 0 Å². The molecule has 0 saturated heterocycles. The summed E-state index contributed by atoms with van der Waals surface area (Å²) in [6.07, 6.45) is -3.31. The maximum Gasteiger partial charge on any atom is 0.416 e. The molecule has 0 aromatic carbocycles. The van der Waals surface area contributed by atoms with Crippen LogP contribution in [0.25, 0.3) is 0 Å². The van der Waals surface area contributed by atoms with Gasteiger partial charge in [-0.1, -0.05) is 0 Å². The minimum Gasteiger partial charge on any atom is -0.481 e. The van der Waals surface area contributed by atoms with Crippen LogP contribution in [-0.4, -0.2) is 17.1 Å². The van der Waals surface area contributed by atoms with Gasteiger partial charge in [-0.2, -0.15) is 13.2 Å². The van der Waals surface area contributed by atoms with Gasteiger partial charge in [0.05, 0.1) is 12.7 Å². The highest BCUT2D eigenvalue weighted by atomic mass is 79.9. The molecule has 0 bridgehead atoms. The normalized spacial score (nSPS) is 11.2. The monoisotopic (exact) mass is 347 g/mol. The van der Waals surface area contributed by atoms with Crippen LogP contribution in [0.5, 0.6) is 5.88 Å². The van der Waals surface area contributed by atoms with Crippen molar-refractivity contribution in [3.05, 3.63) is 40.6 Å². The minimum atomic E-state index is -4.41. The maximum atomic E-state index is 12.6. The lowest BCUT2D eigenvalue weighted by atomic mass is 10.2. The average molecular weight is 348 g/mol. The molecular formula is C12H9BrF3N3O. The Bertz CT molecular complexity index is 619. The highest BCUT2D eigenvalue weighted by Gasteiger charge is 2.30. The number of alkyl halides is 3. The molecule has 0 unspecified atom stereocenters. The number of rotatable bonds is 3. The van der Waals surface area contributed by atoms with Crippen molar-refractivity contribution >= 4 is 27.4 Å². The summed E-state index contributed by atoms with van der Waals surface area (Å²) in [6, 6.07) is 4.99. The molecule has 0 saturated carbocycles. The molecule has 0 spiro atoms. The largest absolute Gasteiger partial charge is 0.481 e. The first-order valence-electron chi connectivity index (χ1n) is 5.40. The van der Waals surface area contributed by atoms with Gasteiger partial charge in [0, 0.05) is 18.0 Å². The summed E-state index contributed by atoms with van der Waals surface area (Å²) >= 11 is 3.18. The predicted octanol–water partition coefficient (Wildman–Crippen LogP) is 4.01. The number of anilines is 2. The van der Waals surface area contributed by atoms with Crippen LogP contribution >= 0.6 is 15.9 Å². The number of nitrogens with one attached hydrogen (secondary N) is 1. The summed E-state index contributed by atoms with van der Waals surface area (Å²) in [5.41, 5.74) is -0.259. The van der Waals surface area contributed by atoms with Crippen molar-refractivity contribution < 1.29 is 17.9 Å². The molecule has 0 aliphatic rings. The fourth-order valence-corrected chi connectivity index (χ4v) is 1.89. The molecule has 2 heterocycles. The Labute approximate surface area is 121 Å². The van der Waals surface area contributed by atoms with Crippen LogP contribution in [0.2, 0.25) is 0 Å². The summed E-state index contributed by atoms with van der Waals surface area (Å²) in [5, 5.41) is 2.77. The van der Waals surface area contributed by atoms with E-state index in [0.717, 1.165) is 18.3 Å². The molecule has 2 aromatic heterocycles. The van der Waals surface area contributed by atoms with Gasteiger partial charge in [0.1, 0.15) is 10.4 Å². The van der Waals surface area contributed by atoms with Crippen molar-refractivity contribution in [1.82, 2.24) is 9.97 Å². The zero-order valence-electron chi connectivity index (χ0n) is 10.2. The van der Waals surface area contributed by atoms with Gasteiger partial charge in [-0.25, -0.2) is 9.97 Å². The van der Waals surface area contributed by atoms with Crippen LogP contribution in [-0.2, 0) is 6.18 Å². The average Bonchev–Trinajstić information content (AvgIpc) is 2.37. The van der Waals surface area contributed by atoms with Gasteiger partial charge in [0.2, 0.25) is 5.88 Å². The predicted molar refractivity (Wildman–Crippen MR) is 71.0 cm³/mol. The highest BCUT2D eigenvalue weighted by Crippen LogP contribution is 2.31. The highest BCUT2D eigenvalue weighted by molar-refractivity contribution is 9.10. The smallest absolute Gasteiger partial charge is 0.416 e. The molecule has 8 heteroatoms. The van der Waals surface area contributed by atoms with E-state index in [1.54, 1.807) is 12.1 Å². The molecule has 0 radical (unpaired) electrons. The molecule has 0 aliphatic heterocycles. The molecule has 2 aromatic rings. The number of pyridine rings is 2. The molecule has 0 atom stereocenters. The van der Waals surface area contributed by atoms with Crippen LogP contribution in [0.1, 0.15) is 5.56 Å². The number of halogens is 4. The van der Waals surface area contributed by atoms with Crippen molar-refractivity contribution in [3.8, 4) is 5.88 Å². The van der Waals surface area contributed by atoms with E-state index in [0.29, 0.717) is 16.2 Å². The lowest BCUT2D eigenvalue weighted by Crippen LogP contribution is -2.06. The number of methoxy groups -OCH3 is 1. The third kappa shape index (κ3) is 3.60. The van der Waals surface area contributed by atoms with E-state index >= 15 is 0 Å². The minimum absolute atomic E-state index is 0.0833. The summed E-state index contributed by atoms with van der Waals surface area (Å²) < 4.78 is 43.3. The Hall–Kier alpha value is -1.83. The van der Waals surface area contributed by atoms with Crippen LogP contribution in [0.4, 0.5) is 24.7 Å². The van der Waals surface area contributed by atoms with E-state index in [-0.39, 0.29) is 5.82 Å². The molecular weight excluding hydrogens is 339 g/mol. The SMILES string of the molecule is COc1cc(Nc2cc(C(F)(F)F)ccn2)cc(Br)n1. The van der Waals surface area contributed by atoms with E-state index in [1.807, 2.05) is 0 Å². The summed E-state index contributed by atoms with van der Waals surface area (Å²) in [5.74, 6) is 0.411. The fourth-order valence-electron chi connectivity index (χ4n) is 1.47. The maximum absolute atomic E-state index is 12.6. The molecule has 4 nitrogen and oxygen atoms in total. The van der Waals surface area contributed by atoms with Gasteiger partial charge in [-0.3, -0.25) is 0 Å². The lowest BCUT2D eigenvalue weighted by molar-refractivity contribution is -0.137. The molecule has 106 valence electrons. The summed E-state index contributed by atoms with van der Waals surface area (Å²) in [7, 11) is 1.45. The zero-order valence-corrected chi connectivity index (χ0v) is 11.8. The quantitative estimate of drug-likeness (QED) is 0.852. The Balaban J connectivity index is 2.28. The van der Waals surface area contributed by atoms with Crippen LogP contribution < -0.4 is 10.1 Å². The van der Waals surface area contributed by atoms with Crippen molar-refractivity contribution in [2.45, 2.75) is 6.18 Å². The second kappa shape index (κ2) is 5.66. The standard InChI is InChI=1S/C12H9BrF3N3O/c1-20-11-6-8(5-9(13)19-11)18-10-4-7(2-3-17-10)12(14,15)16/h2-6H,1H3,(H,17,18,19). The van der Waals surface area contributed by atoms with E-state index in [1.165, 1.54) is 7.11 Å². The van der Waals surface area contributed by atoms with E-state index in [4.69, 9.17) is 4.74 Å². The first kappa shape index (κ1) is 14.6. The Kier molecular flexibility index (Phi) is 4.12. The first-order valence-corrected chi connectivity index (χ1v) is 6.19. The lowest BCUT2D eigenvalue weighted by Gasteiger charge is -2.10. The zero-order chi connectivity index (χ0) is 14.8. The number of hydrogen-bond acceptors (Lipinski definition) is 4. The Morgan fingerprint density at radius 1 is 1.25 bits per heavy atom. The molecule has 0 aliphatic carbocycles. The van der Waals surface area contributed by atoms with Crippen LogP contribution in [0.15, 0.2) is 35.1 Å². The van der Waals surface area contributed by atoms with E-state index in [2.05, 4.69) is 31.2 Å². The number of hydrogen-bond donors (Lipinski definition) is 1. The Morgan fingerprint density at radius 3 is 2.65 bits per heavy atom. The third-order valence-corrected chi connectivity index (χ3v) is 2.75. The summed E-state index contributed by atoms with van der Waals surface area (Å²) in [4.78, 5) is 7.85. The van der Waals surface area contributed by atoms with E-state index in [9.17, 15) is 13.2 Å². The molecule has 0 amide bonds. The van der Waals surface area contributed by atoms with Crippen LogP contribution in [0.3, 0.4) is 0 Å². The molecule has 20 heavy (non-hydrogen) atoms. The van der Waals surface area contributed by atoms with E-state index < -0.39 is 11.7 Å². The number of ether oxygens (including phenoxy) is 1. The second-order valence-corrected chi connectivity index (χ2v) is 4.59. The van der Waals surface area contributed by atoms with Gasteiger partial charge in [-0.05, 0) is 34.1 Å². The van der Waals surface area contributed by atoms with Crippen molar-refractivity contribution in [1.29, 1.82) is 0 Å². The van der Waals surface area contributed by atoms with Crippen molar-refractivity contribution in [2.75, 3.05) is 12.4 Å². The summed E-state index contributed by atoms with van der Waals surface area (Å²) in [6.45, 7) is 0. The third-order valence-electron chi connectivity index (χ3n) is 2.34.